The SMILES string of the molecule is COc1ccc(CN(C)C(=O)/C=C/c2cn(CCC#N)c3ccccc23)cc1OC(F)F. The Morgan fingerprint density at radius 1 is 1.25 bits per heavy atom. The van der Waals surface area contributed by atoms with Crippen molar-refractivity contribution < 1.29 is 23.0 Å². The van der Waals surface area contributed by atoms with Gasteiger partial charge in [-0.1, -0.05) is 24.3 Å². The molecule has 0 saturated carbocycles. The van der Waals surface area contributed by atoms with Crippen LogP contribution < -0.4 is 9.47 Å². The summed E-state index contributed by atoms with van der Waals surface area (Å²) in [5.41, 5.74) is 2.49. The molecule has 1 amide bonds. The third-order valence-corrected chi connectivity index (χ3v) is 4.93. The van der Waals surface area contributed by atoms with Crippen LogP contribution in [0.1, 0.15) is 17.5 Å². The predicted molar refractivity (Wildman–Crippen MR) is 117 cm³/mol. The van der Waals surface area contributed by atoms with Gasteiger partial charge in [0.25, 0.3) is 0 Å². The minimum Gasteiger partial charge on any atom is -0.493 e. The Labute approximate surface area is 184 Å². The summed E-state index contributed by atoms with van der Waals surface area (Å²) in [5, 5.41) is 9.86. The number of halogens is 2. The molecule has 32 heavy (non-hydrogen) atoms. The lowest BCUT2D eigenvalue weighted by molar-refractivity contribution is -0.125. The van der Waals surface area contributed by atoms with Crippen molar-refractivity contribution in [3.63, 3.8) is 0 Å². The molecule has 8 heteroatoms. The number of benzene rings is 2. The summed E-state index contributed by atoms with van der Waals surface area (Å²) in [6.45, 7) is -2.20. The smallest absolute Gasteiger partial charge is 0.387 e. The van der Waals surface area contributed by atoms with Gasteiger partial charge in [0, 0.05) is 48.9 Å². The van der Waals surface area contributed by atoms with Crippen molar-refractivity contribution >= 4 is 22.9 Å². The van der Waals surface area contributed by atoms with Gasteiger partial charge in [0.05, 0.1) is 19.6 Å². The maximum absolute atomic E-state index is 12.6. The van der Waals surface area contributed by atoms with Gasteiger partial charge in [-0.15, -0.1) is 0 Å². The van der Waals surface area contributed by atoms with Crippen LogP contribution in [0.2, 0.25) is 0 Å². The monoisotopic (exact) mass is 439 g/mol. The number of carbonyl (C=O) groups is 1. The van der Waals surface area contributed by atoms with Crippen molar-refractivity contribution in [3.8, 4) is 17.6 Å². The topological polar surface area (TPSA) is 67.5 Å². The van der Waals surface area contributed by atoms with E-state index in [1.165, 1.54) is 30.2 Å². The minimum absolute atomic E-state index is 0.0819. The van der Waals surface area contributed by atoms with Crippen LogP contribution in [-0.2, 0) is 17.9 Å². The highest BCUT2D eigenvalue weighted by molar-refractivity contribution is 5.96. The lowest BCUT2D eigenvalue weighted by atomic mass is 10.1. The van der Waals surface area contributed by atoms with E-state index >= 15 is 0 Å². The average Bonchev–Trinajstić information content (AvgIpc) is 3.13. The van der Waals surface area contributed by atoms with Gasteiger partial charge in [0.15, 0.2) is 11.5 Å². The fourth-order valence-electron chi connectivity index (χ4n) is 3.41. The first kappa shape index (κ1) is 22.8. The van der Waals surface area contributed by atoms with Crippen molar-refractivity contribution in [2.75, 3.05) is 14.2 Å². The summed E-state index contributed by atoms with van der Waals surface area (Å²) < 4.78 is 36.8. The highest BCUT2D eigenvalue weighted by atomic mass is 19.3. The van der Waals surface area contributed by atoms with E-state index in [-0.39, 0.29) is 24.0 Å². The fraction of sp³-hybridized carbons (Fsp3) is 0.250. The zero-order valence-corrected chi connectivity index (χ0v) is 17.8. The molecule has 0 aliphatic carbocycles. The van der Waals surface area contributed by atoms with Crippen LogP contribution in [0.25, 0.3) is 17.0 Å². The van der Waals surface area contributed by atoms with Crippen molar-refractivity contribution in [2.45, 2.75) is 26.1 Å². The number of aryl methyl sites for hydroxylation is 1. The molecule has 0 aliphatic heterocycles. The van der Waals surface area contributed by atoms with Crippen LogP contribution in [0.15, 0.2) is 54.7 Å². The maximum Gasteiger partial charge on any atom is 0.387 e. The molecule has 6 nitrogen and oxygen atoms in total. The number of hydrogen-bond acceptors (Lipinski definition) is 4. The van der Waals surface area contributed by atoms with Crippen LogP contribution in [0.4, 0.5) is 8.78 Å². The molecule has 3 rings (SSSR count). The number of alkyl halides is 2. The number of carbonyl (C=O) groups excluding carboxylic acids is 1. The van der Waals surface area contributed by atoms with Crippen LogP contribution in [0.3, 0.4) is 0 Å². The molecule has 0 atom stereocenters. The van der Waals surface area contributed by atoms with Gasteiger partial charge in [-0.3, -0.25) is 4.79 Å². The molecule has 0 spiro atoms. The molecule has 3 aromatic rings. The second-order valence-corrected chi connectivity index (χ2v) is 7.09. The second kappa shape index (κ2) is 10.4. The Morgan fingerprint density at radius 3 is 2.75 bits per heavy atom. The highest BCUT2D eigenvalue weighted by Gasteiger charge is 2.14. The molecular formula is C24H23F2N3O3. The second-order valence-electron chi connectivity index (χ2n) is 7.09. The summed E-state index contributed by atoms with van der Waals surface area (Å²) >= 11 is 0. The molecule has 0 unspecified atom stereocenters. The van der Waals surface area contributed by atoms with Crippen molar-refractivity contribution in [3.05, 3.63) is 65.9 Å². The Balaban J connectivity index is 1.74. The quantitative estimate of drug-likeness (QED) is 0.448. The number of nitriles is 1. The number of hydrogen-bond donors (Lipinski definition) is 0. The number of amides is 1. The molecule has 1 heterocycles. The lowest BCUT2D eigenvalue weighted by Crippen LogP contribution is -2.24. The molecule has 0 saturated heterocycles. The number of fused-ring (bicyclic) bond motifs is 1. The van der Waals surface area contributed by atoms with Gasteiger partial charge in [0.2, 0.25) is 5.91 Å². The number of nitrogens with zero attached hydrogens (tertiary/aromatic N) is 3. The Kier molecular flexibility index (Phi) is 7.45. The van der Waals surface area contributed by atoms with E-state index in [1.54, 1.807) is 19.2 Å². The number of aromatic nitrogens is 1. The Bertz CT molecular complexity index is 1160. The lowest BCUT2D eigenvalue weighted by Gasteiger charge is -2.17. The van der Waals surface area contributed by atoms with Crippen LogP contribution in [0, 0.1) is 11.3 Å². The van der Waals surface area contributed by atoms with E-state index in [9.17, 15) is 13.6 Å². The Hall–Kier alpha value is -3.86. The van der Waals surface area contributed by atoms with Gasteiger partial charge in [-0.25, -0.2) is 0 Å². The van der Waals surface area contributed by atoms with Gasteiger partial charge in [0.1, 0.15) is 0 Å². The van der Waals surface area contributed by atoms with Gasteiger partial charge in [-0.2, -0.15) is 14.0 Å². The van der Waals surface area contributed by atoms with Crippen molar-refractivity contribution in [1.29, 1.82) is 5.26 Å². The average molecular weight is 439 g/mol. The minimum atomic E-state index is -2.98. The molecule has 1 aromatic heterocycles. The van der Waals surface area contributed by atoms with E-state index in [1.807, 2.05) is 35.0 Å². The summed E-state index contributed by atoms with van der Waals surface area (Å²) in [6.07, 6.45) is 5.52. The van der Waals surface area contributed by atoms with E-state index < -0.39 is 6.61 Å². The highest BCUT2D eigenvalue weighted by Crippen LogP contribution is 2.30. The molecule has 0 fully saturated rings. The fourth-order valence-corrected chi connectivity index (χ4v) is 3.41. The van der Waals surface area contributed by atoms with Crippen molar-refractivity contribution in [2.24, 2.45) is 0 Å². The normalized spacial score (nSPS) is 11.1. The predicted octanol–water partition coefficient (Wildman–Crippen LogP) is 4.84. The van der Waals surface area contributed by atoms with Crippen LogP contribution >= 0.6 is 0 Å². The van der Waals surface area contributed by atoms with E-state index in [0.29, 0.717) is 18.5 Å². The first-order valence-corrected chi connectivity index (χ1v) is 9.92. The van der Waals surface area contributed by atoms with Crippen LogP contribution in [-0.4, -0.2) is 36.1 Å². The number of likely N-dealkylation sites (N-methyl/N-ethyl adjacent to an activating group) is 1. The third-order valence-electron chi connectivity index (χ3n) is 4.93. The van der Waals surface area contributed by atoms with Gasteiger partial charge >= 0.3 is 6.61 Å². The van der Waals surface area contributed by atoms with Crippen molar-refractivity contribution in [1.82, 2.24) is 9.47 Å². The van der Waals surface area contributed by atoms with Crippen LogP contribution in [0.5, 0.6) is 11.5 Å². The van der Waals surface area contributed by atoms with Gasteiger partial charge < -0.3 is 18.9 Å². The summed E-state index contributed by atoms with van der Waals surface area (Å²) in [6, 6.07) is 14.6. The number of rotatable bonds is 9. The zero-order valence-electron chi connectivity index (χ0n) is 17.8. The largest absolute Gasteiger partial charge is 0.493 e. The molecule has 0 aliphatic rings. The van der Waals surface area contributed by atoms with E-state index in [0.717, 1.165) is 16.5 Å². The van der Waals surface area contributed by atoms with Gasteiger partial charge in [-0.05, 0) is 29.8 Å². The first-order valence-electron chi connectivity index (χ1n) is 9.92. The molecule has 0 radical (unpaired) electrons. The molecule has 0 bridgehead atoms. The molecular weight excluding hydrogens is 416 g/mol. The number of ether oxygens (including phenoxy) is 2. The third kappa shape index (κ3) is 5.43. The maximum atomic E-state index is 12.6. The first-order chi connectivity index (χ1) is 15.4. The number of methoxy groups -OCH3 is 1. The Morgan fingerprint density at radius 2 is 2.03 bits per heavy atom. The van der Waals surface area contributed by atoms with E-state index in [2.05, 4.69) is 10.8 Å². The molecule has 0 N–H and O–H groups in total. The van der Waals surface area contributed by atoms with E-state index in [4.69, 9.17) is 10.00 Å². The summed E-state index contributed by atoms with van der Waals surface area (Å²) in [7, 11) is 2.99. The zero-order chi connectivity index (χ0) is 23.1. The molecule has 2 aromatic carbocycles. The summed E-state index contributed by atoms with van der Waals surface area (Å²) in [4.78, 5) is 14.1. The summed E-state index contributed by atoms with van der Waals surface area (Å²) in [5.74, 6) is -0.136. The number of para-hydroxylation sites is 1. The standard InChI is InChI=1S/C24H23F2N3O3/c1-28(15-17-8-10-21(31-2)22(14-17)32-24(25)26)23(30)11-9-18-16-29(13-5-12-27)20-7-4-3-6-19(18)20/h3-4,6-11,14,16,24H,5,13,15H2,1-2H3/b11-9+. The molecule has 166 valence electrons.